The average molecular weight is 240 g/mol. The highest BCUT2D eigenvalue weighted by atomic mass is 35.5. The number of carbonyl (C=O) groups excluding carboxylic acids is 1. The fourth-order valence-electron chi connectivity index (χ4n) is 2.06. The van der Waals surface area contributed by atoms with Crippen LogP contribution >= 0.6 is 11.6 Å². The molecule has 0 atom stereocenters. The van der Waals surface area contributed by atoms with Gasteiger partial charge in [-0.25, -0.2) is 0 Å². The fourth-order valence-corrected chi connectivity index (χ4v) is 2.27. The lowest BCUT2D eigenvalue weighted by Gasteiger charge is -2.29. The summed E-state index contributed by atoms with van der Waals surface area (Å²) < 4.78 is 0. The molecule has 0 aromatic heterocycles. The lowest BCUT2D eigenvalue weighted by molar-refractivity contribution is -0.917. The van der Waals surface area contributed by atoms with Gasteiger partial charge in [-0.2, -0.15) is 0 Å². The third-order valence-corrected chi connectivity index (χ3v) is 3.23. The average Bonchev–Trinajstić information content (AvgIpc) is 2.30. The summed E-state index contributed by atoms with van der Waals surface area (Å²) in [5, 5.41) is 0.795. The van der Waals surface area contributed by atoms with E-state index in [0.717, 1.165) is 44.2 Å². The standard InChI is InChI=1S/C12H15ClN2O/c13-12-3-1-2-11(8-12)9-14-4-6-15(10-16)7-5-14/h1-3,8,10H,4-7,9H2/p+1. The zero-order valence-corrected chi connectivity index (χ0v) is 9.91. The molecule has 0 bridgehead atoms. The largest absolute Gasteiger partial charge is 0.334 e. The third-order valence-electron chi connectivity index (χ3n) is 3.00. The Morgan fingerprint density at radius 1 is 1.38 bits per heavy atom. The number of nitrogens with zero attached hydrogens (tertiary/aromatic N) is 1. The van der Waals surface area contributed by atoms with Crippen LogP contribution in [-0.4, -0.2) is 37.5 Å². The minimum atomic E-state index is 0.795. The smallest absolute Gasteiger partial charge is 0.210 e. The van der Waals surface area contributed by atoms with Crippen LogP contribution in [0.15, 0.2) is 24.3 Å². The summed E-state index contributed by atoms with van der Waals surface area (Å²) in [5.74, 6) is 0. The number of hydrogen-bond donors (Lipinski definition) is 1. The summed E-state index contributed by atoms with van der Waals surface area (Å²) in [5.41, 5.74) is 1.27. The van der Waals surface area contributed by atoms with E-state index in [4.69, 9.17) is 11.6 Å². The fraction of sp³-hybridized carbons (Fsp3) is 0.417. The van der Waals surface area contributed by atoms with E-state index in [1.165, 1.54) is 10.5 Å². The van der Waals surface area contributed by atoms with Crippen molar-refractivity contribution in [2.45, 2.75) is 6.54 Å². The quantitative estimate of drug-likeness (QED) is 0.749. The maximum atomic E-state index is 10.6. The molecule has 1 aromatic carbocycles. The number of carbonyl (C=O) groups is 1. The van der Waals surface area contributed by atoms with Crippen molar-refractivity contribution < 1.29 is 9.69 Å². The lowest BCUT2D eigenvalue weighted by Crippen LogP contribution is -3.13. The van der Waals surface area contributed by atoms with Crippen LogP contribution < -0.4 is 4.90 Å². The Kier molecular flexibility index (Phi) is 3.80. The molecule has 1 aliphatic rings. The molecule has 0 spiro atoms. The van der Waals surface area contributed by atoms with Gasteiger partial charge < -0.3 is 9.80 Å². The number of benzene rings is 1. The summed E-state index contributed by atoms with van der Waals surface area (Å²) in [4.78, 5) is 13.9. The summed E-state index contributed by atoms with van der Waals surface area (Å²) >= 11 is 5.94. The van der Waals surface area contributed by atoms with Crippen LogP contribution in [0.4, 0.5) is 0 Å². The van der Waals surface area contributed by atoms with Crippen molar-refractivity contribution in [3.8, 4) is 0 Å². The van der Waals surface area contributed by atoms with E-state index in [0.29, 0.717) is 0 Å². The molecule has 16 heavy (non-hydrogen) atoms. The van der Waals surface area contributed by atoms with Gasteiger partial charge in [0.1, 0.15) is 6.54 Å². The van der Waals surface area contributed by atoms with Crippen LogP contribution in [-0.2, 0) is 11.3 Å². The summed E-state index contributed by atoms with van der Waals surface area (Å²) in [6, 6.07) is 8.00. The Morgan fingerprint density at radius 2 is 2.12 bits per heavy atom. The van der Waals surface area contributed by atoms with Crippen molar-refractivity contribution in [2.24, 2.45) is 0 Å². The van der Waals surface area contributed by atoms with Crippen LogP contribution in [0.1, 0.15) is 5.56 Å². The third kappa shape index (κ3) is 2.97. The molecule has 1 aliphatic heterocycles. The predicted octanol–water partition coefficient (Wildman–Crippen LogP) is 0.197. The molecule has 0 saturated carbocycles. The summed E-state index contributed by atoms with van der Waals surface area (Å²) in [6.45, 7) is 4.75. The summed E-state index contributed by atoms with van der Waals surface area (Å²) in [6.07, 6.45) is 0.941. The minimum absolute atomic E-state index is 0.795. The first-order chi connectivity index (χ1) is 7.78. The van der Waals surface area contributed by atoms with E-state index in [-0.39, 0.29) is 0 Å². The van der Waals surface area contributed by atoms with Gasteiger partial charge in [0, 0.05) is 10.6 Å². The molecule has 1 saturated heterocycles. The molecule has 1 fully saturated rings. The number of halogens is 1. The molecule has 2 rings (SSSR count). The van der Waals surface area contributed by atoms with Crippen LogP contribution in [0.25, 0.3) is 0 Å². The van der Waals surface area contributed by atoms with Crippen molar-refractivity contribution in [1.29, 1.82) is 0 Å². The SMILES string of the molecule is O=CN1CC[NH+](Cc2cccc(Cl)c2)CC1. The van der Waals surface area contributed by atoms with Crippen molar-refractivity contribution >= 4 is 18.0 Å². The molecular weight excluding hydrogens is 224 g/mol. The number of hydrogen-bond acceptors (Lipinski definition) is 1. The zero-order chi connectivity index (χ0) is 11.4. The Balaban J connectivity index is 1.89. The maximum absolute atomic E-state index is 10.6. The van der Waals surface area contributed by atoms with Gasteiger partial charge in [0.2, 0.25) is 6.41 Å². The Labute approximate surface area is 101 Å². The highest BCUT2D eigenvalue weighted by Crippen LogP contribution is 2.09. The van der Waals surface area contributed by atoms with E-state index in [2.05, 4.69) is 6.07 Å². The molecule has 0 aliphatic carbocycles. The van der Waals surface area contributed by atoms with Crippen molar-refractivity contribution in [3.05, 3.63) is 34.9 Å². The summed E-state index contributed by atoms with van der Waals surface area (Å²) in [7, 11) is 0. The Morgan fingerprint density at radius 3 is 2.75 bits per heavy atom. The van der Waals surface area contributed by atoms with Gasteiger partial charge in [0.05, 0.1) is 26.2 Å². The van der Waals surface area contributed by atoms with Gasteiger partial charge in [-0.3, -0.25) is 4.79 Å². The second-order valence-electron chi connectivity index (χ2n) is 4.20. The van der Waals surface area contributed by atoms with Crippen molar-refractivity contribution in [3.63, 3.8) is 0 Å². The van der Waals surface area contributed by atoms with Crippen LogP contribution in [0.3, 0.4) is 0 Å². The van der Waals surface area contributed by atoms with Gasteiger partial charge in [-0.05, 0) is 12.1 Å². The van der Waals surface area contributed by atoms with Gasteiger partial charge >= 0.3 is 0 Å². The molecule has 3 nitrogen and oxygen atoms in total. The molecule has 1 aromatic rings. The molecule has 1 heterocycles. The first-order valence-corrected chi connectivity index (χ1v) is 5.93. The predicted molar refractivity (Wildman–Crippen MR) is 63.5 cm³/mol. The molecule has 1 amide bonds. The Bertz CT molecular complexity index is 362. The van der Waals surface area contributed by atoms with Gasteiger partial charge in [0.25, 0.3) is 0 Å². The minimum Gasteiger partial charge on any atom is -0.334 e. The number of quaternary nitrogens is 1. The van der Waals surface area contributed by atoms with Crippen LogP contribution in [0.5, 0.6) is 0 Å². The van der Waals surface area contributed by atoms with E-state index in [1.54, 1.807) is 0 Å². The van der Waals surface area contributed by atoms with Crippen molar-refractivity contribution in [1.82, 2.24) is 4.90 Å². The second-order valence-corrected chi connectivity index (χ2v) is 4.63. The number of piperazine rings is 1. The number of rotatable bonds is 3. The van der Waals surface area contributed by atoms with Gasteiger partial charge in [0.15, 0.2) is 0 Å². The molecule has 0 radical (unpaired) electrons. The van der Waals surface area contributed by atoms with E-state index in [1.807, 2.05) is 23.1 Å². The highest BCUT2D eigenvalue weighted by molar-refractivity contribution is 6.30. The highest BCUT2D eigenvalue weighted by Gasteiger charge is 2.18. The molecule has 86 valence electrons. The molecular formula is C12H16ClN2O+. The van der Waals surface area contributed by atoms with Crippen molar-refractivity contribution in [2.75, 3.05) is 26.2 Å². The van der Waals surface area contributed by atoms with E-state index in [9.17, 15) is 4.79 Å². The van der Waals surface area contributed by atoms with Gasteiger partial charge in [-0.1, -0.05) is 23.7 Å². The molecule has 0 unspecified atom stereocenters. The number of nitrogens with one attached hydrogen (secondary N) is 1. The number of amides is 1. The first kappa shape index (κ1) is 11.4. The van der Waals surface area contributed by atoms with Crippen LogP contribution in [0.2, 0.25) is 5.02 Å². The van der Waals surface area contributed by atoms with E-state index >= 15 is 0 Å². The molecule has 1 N–H and O–H groups in total. The van der Waals surface area contributed by atoms with Crippen LogP contribution in [0, 0.1) is 0 Å². The van der Waals surface area contributed by atoms with Gasteiger partial charge in [-0.15, -0.1) is 0 Å². The maximum Gasteiger partial charge on any atom is 0.210 e. The second kappa shape index (κ2) is 5.32. The topological polar surface area (TPSA) is 24.8 Å². The normalized spacial score (nSPS) is 17.4. The lowest BCUT2D eigenvalue weighted by atomic mass is 10.2. The van der Waals surface area contributed by atoms with E-state index < -0.39 is 0 Å². The monoisotopic (exact) mass is 239 g/mol. The Hall–Kier alpha value is -1.06. The zero-order valence-electron chi connectivity index (χ0n) is 9.16. The molecule has 4 heteroatoms. The first-order valence-electron chi connectivity index (χ1n) is 5.55.